The summed E-state index contributed by atoms with van der Waals surface area (Å²) in [5.74, 6) is -0.887. The van der Waals surface area contributed by atoms with Gasteiger partial charge in [-0.05, 0) is 19.1 Å². The molecule has 0 radical (unpaired) electrons. The number of nitrogens with two attached hydrogens (primary N) is 1. The Hall–Kier alpha value is -0.870. The third-order valence-corrected chi connectivity index (χ3v) is 2.56. The van der Waals surface area contributed by atoms with E-state index in [0.717, 1.165) is 4.88 Å². The van der Waals surface area contributed by atoms with Gasteiger partial charge in [-0.15, -0.1) is 11.3 Å². The lowest BCUT2D eigenvalue weighted by Gasteiger charge is -1.97. The van der Waals surface area contributed by atoms with Crippen LogP contribution < -0.4 is 5.73 Å². The van der Waals surface area contributed by atoms with Gasteiger partial charge < -0.3 is 10.8 Å². The summed E-state index contributed by atoms with van der Waals surface area (Å²) in [5, 5.41) is 8.55. The number of thiophene rings is 1. The van der Waals surface area contributed by atoms with Crippen molar-refractivity contribution < 1.29 is 9.90 Å². The quantitative estimate of drug-likeness (QED) is 0.708. The molecule has 0 aliphatic carbocycles. The first-order chi connectivity index (χ1) is 5.11. The molecule has 1 atom stereocenters. The second-order valence-electron chi connectivity index (χ2n) is 2.30. The zero-order valence-electron chi connectivity index (χ0n) is 6.07. The molecule has 0 saturated carbocycles. The molecule has 1 aromatic rings. The van der Waals surface area contributed by atoms with Crippen LogP contribution in [0.5, 0.6) is 0 Å². The highest BCUT2D eigenvalue weighted by molar-refractivity contribution is 7.14. The molecule has 0 amide bonds. The van der Waals surface area contributed by atoms with Crippen LogP contribution in [-0.4, -0.2) is 11.1 Å². The molecule has 60 valence electrons. The molecule has 4 heteroatoms. The molecule has 0 saturated heterocycles. The topological polar surface area (TPSA) is 63.3 Å². The average molecular weight is 171 g/mol. The van der Waals surface area contributed by atoms with Crippen LogP contribution in [0.2, 0.25) is 0 Å². The number of carbonyl (C=O) groups is 1. The first kappa shape index (κ1) is 8.23. The molecular formula is C7H9NO2S. The van der Waals surface area contributed by atoms with Gasteiger partial charge in [-0.2, -0.15) is 0 Å². The van der Waals surface area contributed by atoms with Crippen LogP contribution in [0.25, 0.3) is 0 Å². The van der Waals surface area contributed by atoms with Gasteiger partial charge in [0.1, 0.15) is 4.88 Å². The van der Waals surface area contributed by atoms with Gasteiger partial charge >= 0.3 is 5.97 Å². The van der Waals surface area contributed by atoms with Crippen molar-refractivity contribution in [3.05, 3.63) is 21.9 Å². The van der Waals surface area contributed by atoms with Crippen molar-refractivity contribution in [3.63, 3.8) is 0 Å². The second kappa shape index (κ2) is 3.02. The van der Waals surface area contributed by atoms with Crippen molar-refractivity contribution in [1.82, 2.24) is 0 Å². The minimum Gasteiger partial charge on any atom is -0.477 e. The third kappa shape index (κ3) is 1.78. The van der Waals surface area contributed by atoms with E-state index in [9.17, 15) is 4.79 Å². The highest BCUT2D eigenvalue weighted by atomic mass is 32.1. The molecule has 0 spiro atoms. The number of carboxylic acids is 1. The molecule has 0 bridgehead atoms. The molecule has 0 aliphatic heterocycles. The minimum absolute atomic E-state index is 0.0758. The molecule has 3 nitrogen and oxygen atoms in total. The van der Waals surface area contributed by atoms with Gasteiger partial charge in [-0.1, -0.05) is 0 Å². The zero-order chi connectivity index (χ0) is 8.43. The van der Waals surface area contributed by atoms with E-state index in [-0.39, 0.29) is 6.04 Å². The van der Waals surface area contributed by atoms with Crippen LogP contribution in [0.3, 0.4) is 0 Å². The van der Waals surface area contributed by atoms with Crippen molar-refractivity contribution in [1.29, 1.82) is 0 Å². The number of rotatable bonds is 2. The van der Waals surface area contributed by atoms with Gasteiger partial charge in [0.05, 0.1) is 0 Å². The molecule has 1 rings (SSSR count). The number of hydrogen-bond donors (Lipinski definition) is 2. The van der Waals surface area contributed by atoms with Crippen molar-refractivity contribution in [2.75, 3.05) is 0 Å². The summed E-state index contributed by atoms with van der Waals surface area (Å²) >= 11 is 1.22. The summed E-state index contributed by atoms with van der Waals surface area (Å²) < 4.78 is 0. The number of aromatic carboxylic acids is 1. The van der Waals surface area contributed by atoms with E-state index in [2.05, 4.69) is 0 Å². The fourth-order valence-corrected chi connectivity index (χ4v) is 1.51. The number of hydrogen-bond acceptors (Lipinski definition) is 3. The van der Waals surface area contributed by atoms with Crippen molar-refractivity contribution in [3.8, 4) is 0 Å². The Morgan fingerprint density at radius 1 is 1.73 bits per heavy atom. The fourth-order valence-electron chi connectivity index (χ4n) is 0.712. The van der Waals surface area contributed by atoms with Crippen molar-refractivity contribution >= 4 is 17.3 Å². The predicted molar refractivity (Wildman–Crippen MR) is 43.9 cm³/mol. The van der Waals surface area contributed by atoms with E-state index in [0.29, 0.717) is 4.88 Å². The van der Waals surface area contributed by atoms with E-state index < -0.39 is 5.97 Å². The monoisotopic (exact) mass is 171 g/mol. The Bertz CT molecular complexity index is 267. The van der Waals surface area contributed by atoms with Gasteiger partial charge in [0.2, 0.25) is 0 Å². The maximum absolute atomic E-state index is 10.4. The van der Waals surface area contributed by atoms with Gasteiger partial charge in [-0.3, -0.25) is 0 Å². The molecule has 11 heavy (non-hydrogen) atoms. The zero-order valence-corrected chi connectivity index (χ0v) is 6.89. The summed E-state index contributed by atoms with van der Waals surface area (Å²) in [7, 11) is 0. The average Bonchev–Trinajstić information content (AvgIpc) is 2.33. The smallest absolute Gasteiger partial charge is 0.345 e. The lowest BCUT2D eigenvalue weighted by atomic mass is 10.3. The maximum atomic E-state index is 10.4. The molecule has 0 unspecified atom stereocenters. The first-order valence-corrected chi connectivity index (χ1v) is 4.01. The van der Waals surface area contributed by atoms with Crippen molar-refractivity contribution in [2.45, 2.75) is 13.0 Å². The lowest BCUT2D eigenvalue weighted by Crippen LogP contribution is -2.01. The van der Waals surface area contributed by atoms with Crippen LogP contribution in [0.15, 0.2) is 12.1 Å². The third-order valence-electron chi connectivity index (χ3n) is 1.29. The molecule has 0 aromatic carbocycles. The van der Waals surface area contributed by atoms with Crippen LogP contribution in [0.1, 0.15) is 27.5 Å². The predicted octanol–water partition coefficient (Wildman–Crippen LogP) is 1.47. The molecule has 1 heterocycles. The van der Waals surface area contributed by atoms with Crippen LogP contribution >= 0.6 is 11.3 Å². The summed E-state index contributed by atoms with van der Waals surface area (Å²) in [6, 6.07) is 3.25. The lowest BCUT2D eigenvalue weighted by molar-refractivity contribution is 0.0702. The van der Waals surface area contributed by atoms with E-state index in [1.165, 1.54) is 11.3 Å². The normalized spacial score (nSPS) is 12.9. The summed E-state index contributed by atoms with van der Waals surface area (Å²) in [6.07, 6.45) is 0. The van der Waals surface area contributed by atoms with Gasteiger partial charge in [-0.25, -0.2) is 4.79 Å². The molecule has 1 aromatic heterocycles. The largest absolute Gasteiger partial charge is 0.477 e. The van der Waals surface area contributed by atoms with Gasteiger partial charge in [0.15, 0.2) is 0 Å². The fraction of sp³-hybridized carbons (Fsp3) is 0.286. The standard InChI is InChI=1S/C7H9NO2S/c1-4(8)5-2-3-6(11-5)7(9)10/h2-4H,8H2,1H3,(H,9,10)/t4-/m1/s1. The van der Waals surface area contributed by atoms with E-state index in [1.54, 1.807) is 12.1 Å². The summed E-state index contributed by atoms with van der Waals surface area (Å²) in [4.78, 5) is 11.7. The Kier molecular flexibility index (Phi) is 2.26. The van der Waals surface area contributed by atoms with Crippen LogP contribution in [0, 0.1) is 0 Å². The van der Waals surface area contributed by atoms with Crippen LogP contribution in [0.4, 0.5) is 0 Å². The second-order valence-corrected chi connectivity index (χ2v) is 3.41. The SMILES string of the molecule is C[C@@H](N)c1ccc(C(=O)O)s1. The van der Waals surface area contributed by atoms with Gasteiger partial charge in [0.25, 0.3) is 0 Å². The molecule has 0 aliphatic rings. The Balaban J connectivity index is 2.90. The van der Waals surface area contributed by atoms with Crippen molar-refractivity contribution in [2.24, 2.45) is 5.73 Å². The molecule has 3 N–H and O–H groups in total. The van der Waals surface area contributed by atoms with Gasteiger partial charge in [0, 0.05) is 10.9 Å². The van der Waals surface area contributed by atoms with Crippen LogP contribution in [-0.2, 0) is 0 Å². The highest BCUT2D eigenvalue weighted by Crippen LogP contribution is 2.21. The Labute approximate surface area is 68.5 Å². The van der Waals surface area contributed by atoms with E-state index >= 15 is 0 Å². The summed E-state index contributed by atoms with van der Waals surface area (Å²) in [6.45, 7) is 1.83. The molecular weight excluding hydrogens is 162 g/mol. The minimum atomic E-state index is -0.887. The molecule has 0 fully saturated rings. The Morgan fingerprint density at radius 2 is 2.36 bits per heavy atom. The summed E-state index contributed by atoms with van der Waals surface area (Å²) in [5.41, 5.74) is 5.54. The van der Waals surface area contributed by atoms with E-state index in [4.69, 9.17) is 10.8 Å². The maximum Gasteiger partial charge on any atom is 0.345 e. The first-order valence-electron chi connectivity index (χ1n) is 3.20. The number of carboxylic acid groups (broad SMARTS) is 1. The highest BCUT2D eigenvalue weighted by Gasteiger charge is 2.08. The van der Waals surface area contributed by atoms with E-state index in [1.807, 2.05) is 6.92 Å². The Morgan fingerprint density at radius 3 is 2.64 bits per heavy atom.